The van der Waals surface area contributed by atoms with Crippen LogP contribution in [-0.2, 0) is 0 Å². The normalized spacial score (nSPS) is 14.8. The van der Waals surface area contributed by atoms with Gasteiger partial charge >= 0.3 is 0 Å². The summed E-state index contributed by atoms with van der Waals surface area (Å²) < 4.78 is 0. The Balaban J connectivity index is 2.14. The highest BCUT2D eigenvalue weighted by molar-refractivity contribution is 5.88. The molecular weight excluding hydrogens is 322 g/mol. The summed E-state index contributed by atoms with van der Waals surface area (Å²) >= 11 is 0. The Morgan fingerprint density at radius 2 is 1.96 bits per heavy atom. The van der Waals surface area contributed by atoms with Crippen molar-refractivity contribution in [3.63, 3.8) is 0 Å². The van der Waals surface area contributed by atoms with Crippen LogP contribution in [0.5, 0.6) is 0 Å². The van der Waals surface area contributed by atoms with Gasteiger partial charge in [-0.3, -0.25) is 0 Å². The standard InChI is InChI=1S/C21H25N5/c1-15-4-6-18(7-5-15)20(23-3)21(19-8-11-24-16(2)25-19)26-12-9-17(14-22)10-13-26/h4-12,23H,13-14,22H2,1-3H3/b21-20-. The monoisotopic (exact) mass is 347 g/mol. The average molecular weight is 347 g/mol. The maximum atomic E-state index is 5.76. The molecule has 2 heterocycles. The first-order chi connectivity index (χ1) is 12.6. The molecule has 0 unspecified atom stereocenters. The van der Waals surface area contributed by atoms with Crippen LogP contribution in [0.15, 0.2) is 60.5 Å². The maximum absolute atomic E-state index is 5.76. The van der Waals surface area contributed by atoms with Gasteiger partial charge in [0.15, 0.2) is 0 Å². The number of hydrogen-bond acceptors (Lipinski definition) is 5. The first-order valence-corrected chi connectivity index (χ1v) is 8.75. The van der Waals surface area contributed by atoms with Crippen molar-refractivity contribution >= 4 is 11.4 Å². The lowest BCUT2D eigenvalue weighted by Crippen LogP contribution is -2.24. The molecule has 5 heteroatoms. The van der Waals surface area contributed by atoms with E-state index in [0.29, 0.717) is 6.54 Å². The molecule has 0 atom stereocenters. The largest absolute Gasteiger partial charge is 0.386 e. The second-order valence-electron chi connectivity index (χ2n) is 6.28. The number of aryl methyl sites for hydroxylation is 2. The first kappa shape index (κ1) is 17.9. The minimum Gasteiger partial charge on any atom is -0.386 e. The van der Waals surface area contributed by atoms with Gasteiger partial charge in [-0.2, -0.15) is 0 Å². The van der Waals surface area contributed by atoms with Crippen molar-refractivity contribution < 1.29 is 0 Å². The maximum Gasteiger partial charge on any atom is 0.125 e. The van der Waals surface area contributed by atoms with E-state index in [9.17, 15) is 0 Å². The number of nitrogens with two attached hydrogens (primary N) is 1. The van der Waals surface area contributed by atoms with Crippen molar-refractivity contribution in [1.82, 2.24) is 20.2 Å². The van der Waals surface area contributed by atoms with Crippen molar-refractivity contribution in [2.24, 2.45) is 5.73 Å². The lowest BCUT2D eigenvalue weighted by molar-refractivity contribution is 0.578. The average Bonchev–Trinajstić information content (AvgIpc) is 2.67. The molecule has 0 spiro atoms. The van der Waals surface area contributed by atoms with E-state index in [-0.39, 0.29) is 0 Å². The molecule has 1 aliphatic rings. The summed E-state index contributed by atoms with van der Waals surface area (Å²) in [7, 11) is 1.94. The highest BCUT2D eigenvalue weighted by Gasteiger charge is 2.19. The Morgan fingerprint density at radius 3 is 2.54 bits per heavy atom. The summed E-state index contributed by atoms with van der Waals surface area (Å²) in [4.78, 5) is 11.1. The van der Waals surface area contributed by atoms with Crippen molar-refractivity contribution in [1.29, 1.82) is 0 Å². The summed E-state index contributed by atoms with van der Waals surface area (Å²) in [6.07, 6.45) is 8.08. The Kier molecular flexibility index (Phi) is 5.49. The summed E-state index contributed by atoms with van der Waals surface area (Å²) in [6, 6.07) is 10.4. The van der Waals surface area contributed by atoms with Gasteiger partial charge < -0.3 is 16.0 Å². The van der Waals surface area contributed by atoms with Crippen LogP contribution in [0.2, 0.25) is 0 Å². The fourth-order valence-corrected chi connectivity index (χ4v) is 2.97. The van der Waals surface area contributed by atoms with E-state index < -0.39 is 0 Å². The van der Waals surface area contributed by atoms with Crippen molar-refractivity contribution in [3.05, 3.63) is 83.1 Å². The fourth-order valence-electron chi connectivity index (χ4n) is 2.97. The van der Waals surface area contributed by atoms with Crippen molar-refractivity contribution in [2.75, 3.05) is 20.1 Å². The molecule has 0 saturated heterocycles. The molecular formula is C21H25N5. The van der Waals surface area contributed by atoms with Crippen LogP contribution in [0.1, 0.15) is 22.6 Å². The number of benzene rings is 1. The van der Waals surface area contributed by atoms with Crippen LogP contribution >= 0.6 is 0 Å². The van der Waals surface area contributed by atoms with Crippen LogP contribution in [0.4, 0.5) is 0 Å². The topological polar surface area (TPSA) is 67.1 Å². The number of nitrogens with zero attached hydrogens (tertiary/aromatic N) is 3. The van der Waals surface area contributed by atoms with Gasteiger partial charge in [0.05, 0.1) is 17.1 Å². The van der Waals surface area contributed by atoms with Crippen molar-refractivity contribution in [2.45, 2.75) is 13.8 Å². The van der Waals surface area contributed by atoms with Gasteiger partial charge in [0.2, 0.25) is 0 Å². The van der Waals surface area contributed by atoms with Gasteiger partial charge in [0.1, 0.15) is 5.82 Å². The van der Waals surface area contributed by atoms with E-state index in [1.54, 1.807) is 6.20 Å². The smallest absolute Gasteiger partial charge is 0.125 e. The molecule has 0 amide bonds. The Hall–Kier alpha value is -2.92. The minimum absolute atomic E-state index is 0.548. The van der Waals surface area contributed by atoms with E-state index in [4.69, 9.17) is 5.73 Å². The molecule has 1 aromatic heterocycles. The summed E-state index contributed by atoms with van der Waals surface area (Å²) in [5.74, 6) is 0.749. The molecule has 134 valence electrons. The van der Waals surface area contributed by atoms with Crippen LogP contribution in [0.3, 0.4) is 0 Å². The van der Waals surface area contributed by atoms with Gasteiger partial charge in [0, 0.05) is 32.5 Å². The second kappa shape index (κ2) is 7.97. The summed E-state index contributed by atoms with van der Waals surface area (Å²) in [5.41, 5.74) is 12.2. The van der Waals surface area contributed by atoms with Gasteiger partial charge in [-0.25, -0.2) is 9.97 Å². The number of aromatic nitrogens is 2. The van der Waals surface area contributed by atoms with Gasteiger partial charge in [-0.15, -0.1) is 0 Å². The van der Waals surface area contributed by atoms with Crippen LogP contribution in [0.25, 0.3) is 11.4 Å². The molecule has 26 heavy (non-hydrogen) atoms. The van der Waals surface area contributed by atoms with E-state index in [1.165, 1.54) is 5.56 Å². The highest BCUT2D eigenvalue weighted by atomic mass is 15.1. The number of rotatable bonds is 5. The third-order valence-corrected chi connectivity index (χ3v) is 4.39. The minimum atomic E-state index is 0.548. The second-order valence-corrected chi connectivity index (χ2v) is 6.28. The zero-order chi connectivity index (χ0) is 18.5. The molecule has 5 nitrogen and oxygen atoms in total. The van der Waals surface area contributed by atoms with Gasteiger partial charge in [-0.05, 0) is 37.1 Å². The molecule has 0 aliphatic carbocycles. The quantitative estimate of drug-likeness (QED) is 0.870. The molecule has 0 radical (unpaired) electrons. The lowest BCUT2D eigenvalue weighted by atomic mass is 10.0. The molecule has 3 rings (SSSR count). The first-order valence-electron chi connectivity index (χ1n) is 8.75. The Morgan fingerprint density at radius 1 is 1.19 bits per heavy atom. The SMILES string of the molecule is CN/C(=C(/c1ccnc(C)n1)N1C=CC(CN)=CC1)c1ccc(C)cc1. The van der Waals surface area contributed by atoms with E-state index in [0.717, 1.165) is 40.6 Å². The van der Waals surface area contributed by atoms with E-state index in [1.807, 2.05) is 20.0 Å². The third kappa shape index (κ3) is 3.83. The zero-order valence-corrected chi connectivity index (χ0v) is 15.5. The number of hydrogen-bond donors (Lipinski definition) is 2. The molecule has 1 aromatic carbocycles. The highest BCUT2D eigenvalue weighted by Crippen LogP contribution is 2.28. The van der Waals surface area contributed by atoms with Gasteiger partial charge in [0.25, 0.3) is 0 Å². The molecule has 0 bridgehead atoms. The summed E-state index contributed by atoms with van der Waals surface area (Å²) in [5, 5.41) is 3.38. The predicted octanol–water partition coefficient (Wildman–Crippen LogP) is 2.85. The molecule has 0 fully saturated rings. The molecule has 0 saturated carbocycles. The molecule has 1 aliphatic heterocycles. The predicted molar refractivity (Wildman–Crippen MR) is 107 cm³/mol. The van der Waals surface area contributed by atoms with E-state index in [2.05, 4.69) is 69.7 Å². The molecule has 2 aromatic rings. The van der Waals surface area contributed by atoms with Crippen LogP contribution in [0, 0.1) is 13.8 Å². The fraction of sp³-hybridized carbons (Fsp3) is 0.238. The Bertz CT molecular complexity index is 862. The van der Waals surface area contributed by atoms with Crippen LogP contribution < -0.4 is 11.1 Å². The third-order valence-electron chi connectivity index (χ3n) is 4.39. The molecule has 3 N–H and O–H groups in total. The Labute approximate surface area is 155 Å². The lowest BCUT2D eigenvalue weighted by Gasteiger charge is -2.28. The summed E-state index contributed by atoms with van der Waals surface area (Å²) in [6.45, 7) is 5.30. The number of nitrogens with one attached hydrogen (secondary N) is 1. The van der Waals surface area contributed by atoms with Crippen molar-refractivity contribution in [3.8, 4) is 0 Å². The van der Waals surface area contributed by atoms with Crippen LogP contribution in [-0.4, -0.2) is 35.0 Å². The van der Waals surface area contributed by atoms with E-state index >= 15 is 0 Å². The van der Waals surface area contributed by atoms with Gasteiger partial charge in [-0.1, -0.05) is 35.9 Å². The zero-order valence-electron chi connectivity index (χ0n) is 15.5.